The minimum absolute atomic E-state index is 0.0561. The van der Waals surface area contributed by atoms with Crippen molar-refractivity contribution < 1.29 is 17.9 Å². The molecule has 0 aromatic heterocycles. The van der Waals surface area contributed by atoms with Crippen LogP contribution in [0.2, 0.25) is 0 Å². The van der Waals surface area contributed by atoms with Crippen molar-refractivity contribution in [1.29, 1.82) is 0 Å². The molecule has 0 aliphatic carbocycles. The van der Waals surface area contributed by atoms with Crippen LogP contribution in [0, 0.1) is 0 Å². The molecule has 6 nitrogen and oxygen atoms in total. The largest absolute Gasteiger partial charge is 0.497 e. The van der Waals surface area contributed by atoms with Gasteiger partial charge in [-0.1, -0.05) is 24.3 Å². The summed E-state index contributed by atoms with van der Waals surface area (Å²) in [5, 5.41) is 2.98. The molecule has 0 aliphatic heterocycles. The van der Waals surface area contributed by atoms with E-state index in [0.29, 0.717) is 12.8 Å². The standard InChI is InChI=1S/C22H30N2O4S/c1-16(18-9-11-19(28-5)12-10-18)23-21(25)15-8-17-6-13-20(14-7-17)29(26,27)24-22(2,3)4/h6-7,9-14,16,24H,8,15H2,1-5H3,(H,23,25)/t16-/m0/s1. The highest BCUT2D eigenvalue weighted by molar-refractivity contribution is 7.89. The van der Waals surface area contributed by atoms with Gasteiger partial charge in [-0.25, -0.2) is 13.1 Å². The number of methoxy groups -OCH3 is 1. The zero-order chi connectivity index (χ0) is 21.7. The zero-order valence-electron chi connectivity index (χ0n) is 17.7. The van der Waals surface area contributed by atoms with E-state index >= 15 is 0 Å². The van der Waals surface area contributed by atoms with E-state index in [0.717, 1.165) is 16.9 Å². The minimum atomic E-state index is -3.56. The Bertz CT molecular complexity index is 915. The molecular weight excluding hydrogens is 388 g/mol. The fourth-order valence-corrected chi connectivity index (χ4v) is 4.26. The van der Waals surface area contributed by atoms with Crippen LogP contribution >= 0.6 is 0 Å². The van der Waals surface area contributed by atoms with Crippen molar-refractivity contribution >= 4 is 15.9 Å². The van der Waals surface area contributed by atoms with Crippen LogP contribution in [0.1, 0.15) is 51.3 Å². The number of carbonyl (C=O) groups is 1. The number of ether oxygens (including phenoxy) is 1. The number of sulfonamides is 1. The fourth-order valence-electron chi connectivity index (χ4n) is 2.84. The molecule has 1 atom stereocenters. The highest BCUT2D eigenvalue weighted by Crippen LogP contribution is 2.18. The molecule has 0 saturated heterocycles. The molecule has 0 aliphatic rings. The monoisotopic (exact) mass is 418 g/mol. The maximum atomic E-state index is 12.3. The summed E-state index contributed by atoms with van der Waals surface area (Å²) in [4.78, 5) is 12.5. The first kappa shape index (κ1) is 22.9. The Labute approximate surface area is 173 Å². The molecule has 0 bridgehead atoms. The van der Waals surface area contributed by atoms with Crippen molar-refractivity contribution in [3.05, 3.63) is 59.7 Å². The number of nitrogens with one attached hydrogen (secondary N) is 2. The number of aryl methyl sites for hydroxylation is 1. The summed E-state index contributed by atoms with van der Waals surface area (Å²) in [6, 6.07) is 14.1. The van der Waals surface area contributed by atoms with E-state index < -0.39 is 15.6 Å². The van der Waals surface area contributed by atoms with E-state index in [1.807, 2.05) is 31.2 Å². The van der Waals surface area contributed by atoms with Gasteiger partial charge in [-0.05, 0) is 69.5 Å². The van der Waals surface area contributed by atoms with Gasteiger partial charge in [0.05, 0.1) is 18.0 Å². The number of benzene rings is 2. The van der Waals surface area contributed by atoms with E-state index in [1.54, 1.807) is 52.1 Å². The van der Waals surface area contributed by atoms with Crippen molar-refractivity contribution in [2.45, 2.75) is 57.0 Å². The van der Waals surface area contributed by atoms with Gasteiger partial charge in [0.2, 0.25) is 15.9 Å². The van der Waals surface area contributed by atoms with Crippen LogP contribution in [0.4, 0.5) is 0 Å². The topological polar surface area (TPSA) is 84.5 Å². The van der Waals surface area contributed by atoms with Gasteiger partial charge in [-0.2, -0.15) is 0 Å². The smallest absolute Gasteiger partial charge is 0.241 e. The second kappa shape index (κ2) is 9.41. The van der Waals surface area contributed by atoms with Gasteiger partial charge < -0.3 is 10.1 Å². The van der Waals surface area contributed by atoms with Crippen molar-refractivity contribution in [3.63, 3.8) is 0 Å². The quantitative estimate of drug-likeness (QED) is 0.686. The number of carbonyl (C=O) groups excluding carboxylic acids is 1. The van der Waals surface area contributed by atoms with E-state index in [9.17, 15) is 13.2 Å². The second-order valence-corrected chi connectivity index (χ2v) is 9.74. The molecule has 2 rings (SSSR count). The molecule has 0 radical (unpaired) electrons. The third-order valence-corrected chi connectivity index (χ3v) is 6.08. The first-order valence-corrected chi connectivity index (χ1v) is 11.0. The van der Waals surface area contributed by atoms with Crippen LogP contribution in [0.15, 0.2) is 53.4 Å². The summed E-state index contributed by atoms with van der Waals surface area (Å²) in [7, 11) is -1.94. The molecule has 0 unspecified atom stereocenters. The molecule has 29 heavy (non-hydrogen) atoms. The number of hydrogen-bond acceptors (Lipinski definition) is 4. The predicted octanol–water partition coefficient (Wildman–Crippen LogP) is 3.58. The number of rotatable bonds is 8. The van der Waals surface area contributed by atoms with Gasteiger partial charge in [0.25, 0.3) is 0 Å². The van der Waals surface area contributed by atoms with E-state index in [-0.39, 0.29) is 16.8 Å². The molecule has 0 fully saturated rings. The van der Waals surface area contributed by atoms with Crippen LogP contribution in [0.5, 0.6) is 5.75 Å². The molecule has 1 amide bonds. The van der Waals surface area contributed by atoms with Gasteiger partial charge in [-0.3, -0.25) is 4.79 Å². The zero-order valence-corrected chi connectivity index (χ0v) is 18.5. The van der Waals surface area contributed by atoms with Crippen molar-refractivity contribution in [3.8, 4) is 5.75 Å². The first-order valence-electron chi connectivity index (χ1n) is 9.56. The van der Waals surface area contributed by atoms with Gasteiger partial charge in [-0.15, -0.1) is 0 Å². The van der Waals surface area contributed by atoms with E-state index in [4.69, 9.17) is 4.74 Å². The average molecular weight is 419 g/mol. The molecule has 158 valence electrons. The Balaban J connectivity index is 1.89. The third-order valence-electron chi connectivity index (χ3n) is 4.31. The van der Waals surface area contributed by atoms with E-state index in [2.05, 4.69) is 10.0 Å². The summed E-state index contributed by atoms with van der Waals surface area (Å²) in [6.07, 6.45) is 0.862. The molecule has 0 saturated carbocycles. The summed E-state index contributed by atoms with van der Waals surface area (Å²) in [5.41, 5.74) is 1.36. The van der Waals surface area contributed by atoms with Crippen LogP contribution in [0.25, 0.3) is 0 Å². The molecule has 2 N–H and O–H groups in total. The van der Waals surface area contributed by atoms with Crippen LogP contribution < -0.4 is 14.8 Å². The van der Waals surface area contributed by atoms with Crippen molar-refractivity contribution in [1.82, 2.24) is 10.0 Å². The lowest BCUT2D eigenvalue weighted by Gasteiger charge is -2.20. The molecule has 0 heterocycles. The minimum Gasteiger partial charge on any atom is -0.497 e. The maximum absolute atomic E-state index is 12.3. The predicted molar refractivity (Wildman–Crippen MR) is 114 cm³/mol. The molecular formula is C22H30N2O4S. The highest BCUT2D eigenvalue weighted by Gasteiger charge is 2.21. The summed E-state index contributed by atoms with van der Waals surface area (Å²) < 4.78 is 32.4. The van der Waals surface area contributed by atoms with E-state index in [1.165, 1.54) is 0 Å². The van der Waals surface area contributed by atoms with Gasteiger partial charge in [0.1, 0.15) is 5.75 Å². The fraction of sp³-hybridized carbons (Fsp3) is 0.409. The second-order valence-electron chi connectivity index (χ2n) is 8.06. The Kier molecular flexibility index (Phi) is 7.43. The van der Waals surface area contributed by atoms with Gasteiger partial charge in [0, 0.05) is 12.0 Å². The lowest BCUT2D eigenvalue weighted by Crippen LogP contribution is -2.40. The third kappa shape index (κ3) is 7.18. The van der Waals surface area contributed by atoms with Crippen molar-refractivity contribution in [2.75, 3.05) is 7.11 Å². The Morgan fingerprint density at radius 3 is 2.14 bits per heavy atom. The lowest BCUT2D eigenvalue weighted by atomic mass is 10.1. The first-order chi connectivity index (χ1) is 13.5. The van der Waals surface area contributed by atoms with Crippen LogP contribution in [-0.4, -0.2) is 27.0 Å². The Morgan fingerprint density at radius 1 is 1.03 bits per heavy atom. The summed E-state index contributed by atoms with van der Waals surface area (Å²) in [6.45, 7) is 7.32. The van der Waals surface area contributed by atoms with Gasteiger partial charge >= 0.3 is 0 Å². The molecule has 7 heteroatoms. The average Bonchev–Trinajstić information content (AvgIpc) is 2.65. The normalized spacial score (nSPS) is 13.0. The van der Waals surface area contributed by atoms with Gasteiger partial charge in [0.15, 0.2) is 0 Å². The number of hydrogen-bond donors (Lipinski definition) is 2. The van der Waals surface area contributed by atoms with Crippen LogP contribution in [-0.2, 0) is 21.2 Å². The molecule has 0 spiro atoms. The molecule has 2 aromatic rings. The summed E-state index contributed by atoms with van der Waals surface area (Å²) in [5.74, 6) is 0.717. The number of amides is 1. The SMILES string of the molecule is COc1ccc([C@H](C)NC(=O)CCc2ccc(S(=O)(=O)NC(C)(C)C)cc2)cc1. The lowest BCUT2D eigenvalue weighted by molar-refractivity contribution is -0.121. The highest BCUT2D eigenvalue weighted by atomic mass is 32.2. The summed E-state index contributed by atoms with van der Waals surface area (Å²) >= 11 is 0. The Morgan fingerprint density at radius 2 is 1.62 bits per heavy atom. The van der Waals surface area contributed by atoms with Crippen LogP contribution in [0.3, 0.4) is 0 Å². The Hall–Kier alpha value is -2.38. The van der Waals surface area contributed by atoms with Crippen molar-refractivity contribution in [2.24, 2.45) is 0 Å². The molecule has 2 aromatic carbocycles. The maximum Gasteiger partial charge on any atom is 0.241 e.